The molecule has 0 aliphatic carbocycles. The number of carbonyl (C=O) groups is 4. The summed E-state index contributed by atoms with van der Waals surface area (Å²) in [6, 6.07) is 0. The zero-order chi connectivity index (χ0) is 70.7. The van der Waals surface area contributed by atoms with E-state index < -0.39 is 97.5 Å². The molecule has 17 nitrogen and oxygen atoms in total. The molecule has 0 saturated carbocycles. The van der Waals surface area contributed by atoms with Gasteiger partial charge < -0.3 is 33.8 Å². The van der Waals surface area contributed by atoms with Gasteiger partial charge in [-0.15, -0.1) is 0 Å². The maximum Gasteiger partial charge on any atom is 0.472 e. The average Bonchev–Trinajstić information content (AvgIpc) is 1.82. The van der Waals surface area contributed by atoms with E-state index in [2.05, 4.69) is 41.5 Å². The highest BCUT2D eigenvalue weighted by atomic mass is 31.2. The van der Waals surface area contributed by atoms with Gasteiger partial charge in [0.25, 0.3) is 0 Å². The first-order valence-electron chi connectivity index (χ1n) is 40.0. The Balaban J connectivity index is 5.19. The molecule has 0 bridgehead atoms. The van der Waals surface area contributed by atoms with Gasteiger partial charge in [0, 0.05) is 25.7 Å². The summed E-state index contributed by atoms with van der Waals surface area (Å²) in [6.07, 6.45) is 57.0. The van der Waals surface area contributed by atoms with Crippen LogP contribution < -0.4 is 0 Å². The molecule has 0 saturated heterocycles. The van der Waals surface area contributed by atoms with Gasteiger partial charge in [0.1, 0.15) is 19.3 Å². The van der Waals surface area contributed by atoms with Crippen LogP contribution in [-0.4, -0.2) is 96.7 Å². The first kappa shape index (κ1) is 94.1. The van der Waals surface area contributed by atoms with Crippen molar-refractivity contribution in [3.05, 3.63) is 0 Å². The Morgan fingerprint density at radius 2 is 0.479 bits per heavy atom. The predicted octanol–water partition coefficient (Wildman–Crippen LogP) is 22.7. The van der Waals surface area contributed by atoms with Crippen molar-refractivity contribution in [3.8, 4) is 0 Å². The summed E-state index contributed by atoms with van der Waals surface area (Å²) in [6.45, 7) is 9.62. The van der Waals surface area contributed by atoms with Crippen molar-refractivity contribution in [1.82, 2.24) is 0 Å². The number of ether oxygens (including phenoxy) is 4. The van der Waals surface area contributed by atoms with Crippen LogP contribution >= 0.6 is 15.6 Å². The third kappa shape index (κ3) is 70.5. The van der Waals surface area contributed by atoms with Crippen LogP contribution in [0.5, 0.6) is 0 Å². The van der Waals surface area contributed by atoms with Crippen LogP contribution in [0.1, 0.15) is 401 Å². The molecule has 0 aromatic carbocycles. The summed E-state index contributed by atoms with van der Waals surface area (Å²) in [7, 11) is -9.91. The Kier molecular flexibility index (Phi) is 67.4. The van der Waals surface area contributed by atoms with E-state index in [1.165, 1.54) is 205 Å². The Morgan fingerprint density at radius 3 is 0.708 bits per heavy atom. The van der Waals surface area contributed by atoms with Gasteiger partial charge in [-0.2, -0.15) is 0 Å². The molecule has 5 atom stereocenters. The molecule has 0 spiro atoms. The Hall–Kier alpha value is -1.94. The fourth-order valence-electron chi connectivity index (χ4n) is 11.8. The normalized spacial score (nSPS) is 14.0. The Bertz CT molecular complexity index is 1860. The van der Waals surface area contributed by atoms with Crippen molar-refractivity contribution in [1.29, 1.82) is 0 Å². The quantitative estimate of drug-likeness (QED) is 0.0222. The fourth-order valence-corrected chi connectivity index (χ4v) is 13.4. The third-order valence-corrected chi connectivity index (χ3v) is 19.9. The lowest BCUT2D eigenvalue weighted by atomic mass is 10.0. The van der Waals surface area contributed by atoms with Gasteiger partial charge >= 0.3 is 39.5 Å². The van der Waals surface area contributed by atoms with Gasteiger partial charge in [0.2, 0.25) is 0 Å². The summed E-state index contributed by atoms with van der Waals surface area (Å²) >= 11 is 0. The molecular formula is C77H150O17P2. The number of hydrogen-bond donors (Lipinski definition) is 3. The van der Waals surface area contributed by atoms with Crippen molar-refractivity contribution in [3.63, 3.8) is 0 Å². The lowest BCUT2D eigenvalue weighted by Gasteiger charge is -2.21. The molecule has 0 amide bonds. The van der Waals surface area contributed by atoms with Crippen LogP contribution in [0, 0.1) is 11.8 Å². The van der Waals surface area contributed by atoms with Gasteiger partial charge in [0.05, 0.1) is 26.4 Å². The van der Waals surface area contributed by atoms with E-state index in [4.69, 9.17) is 37.0 Å². The number of rotatable bonds is 76. The van der Waals surface area contributed by atoms with E-state index in [1.54, 1.807) is 0 Å². The van der Waals surface area contributed by atoms with Crippen LogP contribution in [0.2, 0.25) is 0 Å². The van der Waals surface area contributed by atoms with E-state index in [1.807, 2.05) is 0 Å². The molecule has 0 aliphatic rings. The van der Waals surface area contributed by atoms with Crippen LogP contribution in [-0.2, 0) is 65.4 Å². The van der Waals surface area contributed by atoms with Crippen molar-refractivity contribution < 1.29 is 80.2 Å². The summed E-state index contributed by atoms with van der Waals surface area (Å²) in [5.41, 5.74) is 0. The number of phosphoric ester groups is 2. The van der Waals surface area contributed by atoms with Crippen molar-refractivity contribution in [2.24, 2.45) is 11.8 Å². The fraction of sp³-hybridized carbons (Fsp3) is 0.948. The van der Waals surface area contributed by atoms with E-state index in [0.29, 0.717) is 25.7 Å². The highest BCUT2D eigenvalue weighted by Gasteiger charge is 2.30. The lowest BCUT2D eigenvalue weighted by molar-refractivity contribution is -0.161. The second kappa shape index (κ2) is 68.8. The number of esters is 4. The second-order valence-corrected chi connectivity index (χ2v) is 31.6. The molecule has 0 aliphatic heterocycles. The first-order valence-corrected chi connectivity index (χ1v) is 43.0. The number of carbonyl (C=O) groups excluding carboxylic acids is 4. The summed E-state index contributed by atoms with van der Waals surface area (Å²) < 4.78 is 68.5. The molecule has 96 heavy (non-hydrogen) atoms. The standard InChI is InChI=1S/C77H150O17P2/c1-7-9-11-13-15-16-17-18-26-32-37-43-49-55-61-76(81)93-72(65-87-74(79)59-53-47-39-14-12-10-8-2)67-91-95(83,84)89-63-71(78)64-90-96(85,86)92-68-73(66-88-75(80)60-54-48-42-36-31-28-23-25-30-35-41-46-52-58-70(5)6)94-77(82)62-56-50-44-38-33-27-22-20-19-21-24-29-34-40-45-51-57-69(3)4/h69-73,78H,7-68H2,1-6H3,(H,83,84)(H,85,86)/t71-,72+,73+/m0/s1. The van der Waals surface area contributed by atoms with Crippen molar-refractivity contribution >= 4 is 39.5 Å². The van der Waals surface area contributed by atoms with Crippen LogP contribution in [0.25, 0.3) is 0 Å². The smallest absolute Gasteiger partial charge is 0.462 e. The maximum absolute atomic E-state index is 13.1. The SMILES string of the molecule is CCCCCCCCCCCCCCCCC(=O)O[C@H](COC(=O)CCCCCCCCC)COP(=O)(O)OC[C@H](O)COP(=O)(O)OC[C@@H](COC(=O)CCCCCCCCCCCCCCCC(C)C)OC(=O)CCCCCCCCCCCCCCCCCCC(C)C. The molecule has 0 rings (SSSR count). The lowest BCUT2D eigenvalue weighted by Crippen LogP contribution is -2.30. The van der Waals surface area contributed by atoms with E-state index in [9.17, 15) is 43.2 Å². The minimum Gasteiger partial charge on any atom is -0.462 e. The highest BCUT2D eigenvalue weighted by molar-refractivity contribution is 7.47. The minimum absolute atomic E-state index is 0.108. The third-order valence-electron chi connectivity index (χ3n) is 18.0. The van der Waals surface area contributed by atoms with Crippen molar-refractivity contribution in [2.45, 2.75) is 419 Å². The first-order chi connectivity index (χ1) is 46.4. The molecule has 19 heteroatoms. The molecule has 0 radical (unpaired) electrons. The van der Waals surface area contributed by atoms with E-state index in [0.717, 1.165) is 115 Å². The topological polar surface area (TPSA) is 237 Å². The molecule has 0 aromatic heterocycles. The number of hydrogen-bond acceptors (Lipinski definition) is 15. The summed E-state index contributed by atoms with van der Waals surface area (Å²) in [4.78, 5) is 72.7. The maximum atomic E-state index is 13.1. The van der Waals surface area contributed by atoms with Gasteiger partial charge in [-0.25, -0.2) is 9.13 Å². The molecule has 3 N–H and O–H groups in total. The van der Waals surface area contributed by atoms with Crippen LogP contribution in [0.4, 0.5) is 0 Å². The Morgan fingerprint density at radius 1 is 0.281 bits per heavy atom. The molecule has 0 heterocycles. The van der Waals surface area contributed by atoms with Crippen LogP contribution in [0.3, 0.4) is 0 Å². The molecular weight excluding hydrogens is 1260 g/mol. The number of unbranched alkanes of at least 4 members (excludes halogenated alkanes) is 46. The number of aliphatic hydroxyl groups excluding tert-OH is 1. The number of phosphoric acid groups is 2. The van der Waals surface area contributed by atoms with E-state index >= 15 is 0 Å². The van der Waals surface area contributed by atoms with Gasteiger partial charge in [0.15, 0.2) is 12.2 Å². The highest BCUT2D eigenvalue weighted by Crippen LogP contribution is 2.45. The number of aliphatic hydroxyl groups is 1. The van der Waals surface area contributed by atoms with Gasteiger partial charge in [-0.1, -0.05) is 350 Å². The molecule has 570 valence electrons. The van der Waals surface area contributed by atoms with Gasteiger partial charge in [-0.3, -0.25) is 37.3 Å². The minimum atomic E-state index is -4.96. The zero-order valence-electron chi connectivity index (χ0n) is 62.7. The van der Waals surface area contributed by atoms with E-state index in [-0.39, 0.29) is 25.7 Å². The molecule has 0 fully saturated rings. The Labute approximate surface area is 588 Å². The molecule has 2 unspecified atom stereocenters. The summed E-state index contributed by atoms with van der Waals surface area (Å²) in [5.74, 6) is -0.517. The second-order valence-electron chi connectivity index (χ2n) is 28.7. The van der Waals surface area contributed by atoms with Gasteiger partial charge in [-0.05, 0) is 37.5 Å². The monoisotopic (exact) mass is 1410 g/mol. The predicted molar refractivity (Wildman–Crippen MR) is 391 cm³/mol. The molecule has 0 aromatic rings. The van der Waals surface area contributed by atoms with Crippen molar-refractivity contribution in [2.75, 3.05) is 39.6 Å². The largest absolute Gasteiger partial charge is 0.472 e. The summed E-state index contributed by atoms with van der Waals surface area (Å²) in [5, 5.41) is 10.6. The van der Waals surface area contributed by atoms with Crippen LogP contribution in [0.15, 0.2) is 0 Å². The average molecular weight is 1410 g/mol. The zero-order valence-corrected chi connectivity index (χ0v) is 64.5.